The summed E-state index contributed by atoms with van der Waals surface area (Å²) in [7, 11) is 0. The van der Waals surface area contributed by atoms with E-state index in [1.54, 1.807) is 18.2 Å². The lowest BCUT2D eigenvalue weighted by atomic mass is 10.1. The highest BCUT2D eigenvalue weighted by atomic mass is 14.6. The van der Waals surface area contributed by atoms with Crippen molar-refractivity contribution in [3.63, 3.8) is 0 Å². The molecule has 0 bridgehead atoms. The van der Waals surface area contributed by atoms with Crippen LogP contribution in [0.1, 0.15) is 5.56 Å². The van der Waals surface area contributed by atoms with Crippen molar-refractivity contribution in [1.29, 1.82) is 5.26 Å². The number of hydrogen-bond acceptors (Lipinski definition) is 3. The summed E-state index contributed by atoms with van der Waals surface area (Å²) in [6, 6.07) is 7.17. The molecule has 0 saturated carbocycles. The molecule has 0 unspecified atom stereocenters. The molecule has 0 amide bonds. The topological polar surface area (TPSA) is 75.8 Å². The third kappa shape index (κ3) is 1.62. The van der Waals surface area contributed by atoms with Gasteiger partial charge in [0, 0.05) is 11.4 Å². The molecule has 56 valence electrons. The fraction of sp³-hybridized carbons (Fsp3) is 0.125. The first-order valence-corrected chi connectivity index (χ1v) is 3.25. The average molecular weight is 147 g/mol. The molecule has 1 aromatic carbocycles. The van der Waals surface area contributed by atoms with Gasteiger partial charge >= 0.3 is 0 Å². The molecule has 4 N–H and O–H groups in total. The highest BCUT2D eigenvalue weighted by molar-refractivity contribution is 5.55. The molecule has 0 aliphatic rings. The fourth-order valence-electron chi connectivity index (χ4n) is 0.864. The molecule has 11 heavy (non-hydrogen) atoms. The van der Waals surface area contributed by atoms with Crippen LogP contribution in [0.25, 0.3) is 0 Å². The number of benzene rings is 1. The SMILES string of the molecule is N#CCc1cc(N)ccc1N. The smallest absolute Gasteiger partial charge is 0.0670 e. The molecular formula is C8H9N3. The van der Waals surface area contributed by atoms with Gasteiger partial charge in [0.25, 0.3) is 0 Å². The summed E-state index contributed by atoms with van der Waals surface area (Å²) >= 11 is 0. The van der Waals surface area contributed by atoms with E-state index in [0.29, 0.717) is 17.8 Å². The molecule has 0 fully saturated rings. The lowest BCUT2D eigenvalue weighted by molar-refractivity contribution is 1.27. The molecule has 0 aromatic heterocycles. The van der Waals surface area contributed by atoms with E-state index in [0.717, 1.165) is 5.56 Å². The molecule has 0 spiro atoms. The molecule has 0 atom stereocenters. The summed E-state index contributed by atoms with van der Waals surface area (Å²) in [6.45, 7) is 0. The van der Waals surface area contributed by atoms with Crippen LogP contribution in [0.3, 0.4) is 0 Å². The van der Waals surface area contributed by atoms with Crippen LogP contribution in [0.15, 0.2) is 18.2 Å². The zero-order chi connectivity index (χ0) is 8.27. The minimum Gasteiger partial charge on any atom is -0.399 e. The lowest BCUT2D eigenvalue weighted by Gasteiger charge is -2.01. The van der Waals surface area contributed by atoms with Crippen LogP contribution in [0, 0.1) is 11.3 Å². The second-order valence-corrected chi connectivity index (χ2v) is 2.29. The van der Waals surface area contributed by atoms with Gasteiger partial charge in [-0.2, -0.15) is 5.26 Å². The van der Waals surface area contributed by atoms with Crippen molar-refractivity contribution in [3.8, 4) is 6.07 Å². The Morgan fingerprint density at radius 1 is 1.36 bits per heavy atom. The van der Waals surface area contributed by atoms with Crippen LogP contribution < -0.4 is 11.5 Å². The standard InChI is InChI=1S/C8H9N3/c9-4-3-6-5-7(10)1-2-8(6)11/h1-2,5H,3,10-11H2. The van der Waals surface area contributed by atoms with Gasteiger partial charge in [0.2, 0.25) is 0 Å². The summed E-state index contributed by atoms with van der Waals surface area (Å²) < 4.78 is 0. The maximum atomic E-state index is 8.39. The van der Waals surface area contributed by atoms with Gasteiger partial charge in [-0.05, 0) is 23.8 Å². The Morgan fingerprint density at radius 2 is 2.09 bits per heavy atom. The lowest BCUT2D eigenvalue weighted by Crippen LogP contribution is -1.95. The fourth-order valence-corrected chi connectivity index (χ4v) is 0.864. The third-order valence-corrected chi connectivity index (χ3v) is 1.44. The molecule has 1 rings (SSSR count). The average Bonchev–Trinajstić information content (AvgIpc) is 1.98. The van der Waals surface area contributed by atoms with Gasteiger partial charge in [-0.15, -0.1) is 0 Å². The van der Waals surface area contributed by atoms with Crippen LogP contribution in [-0.4, -0.2) is 0 Å². The van der Waals surface area contributed by atoms with Gasteiger partial charge in [-0.1, -0.05) is 0 Å². The second-order valence-electron chi connectivity index (χ2n) is 2.29. The first kappa shape index (κ1) is 7.42. The molecule has 1 aromatic rings. The Labute approximate surface area is 65.2 Å². The first-order valence-electron chi connectivity index (χ1n) is 3.25. The van der Waals surface area contributed by atoms with Crippen molar-refractivity contribution in [2.75, 3.05) is 11.5 Å². The van der Waals surface area contributed by atoms with E-state index >= 15 is 0 Å². The van der Waals surface area contributed by atoms with Crippen molar-refractivity contribution in [2.24, 2.45) is 0 Å². The molecular weight excluding hydrogens is 138 g/mol. The number of hydrogen-bond donors (Lipinski definition) is 2. The monoisotopic (exact) mass is 147 g/mol. The van der Waals surface area contributed by atoms with Crippen molar-refractivity contribution in [2.45, 2.75) is 6.42 Å². The van der Waals surface area contributed by atoms with Crippen molar-refractivity contribution in [3.05, 3.63) is 23.8 Å². The van der Waals surface area contributed by atoms with E-state index in [1.165, 1.54) is 0 Å². The van der Waals surface area contributed by atoms with E-state index in [1.807, 2.05) is 6.07 Å². The maximum absolute atomic E-state index is 8.39. The first-order chi connectivity index (χ1) is 5.24. The van der Waals surface area contributed by atoms with Crippen LogP contribution >= 0.6 is 0 Å². The molecule has 0 saturated heterocycles. The molecule has 0 heterocycles. The zero-order valence-corrected chi connectivity index (χ0v) is 6.04. The minimum absolute atomic E-state index is 0.316. The normalized spacial score (nSPS) is 9.00. The maximum Gasteiger partial charge on any atom is 0.0670 e. The molecule has 0 aliphatic carbocycles. The predicted molar refractivity (Wildman–Crippen MR) is 44.6 cm³/mol. The van der Waals surface area contributed by atoms with E-state index in [2.05, 4.69) is 0 Å². The summed E-state index contributed by atoms with van der Waals surface area (Å²) in [5, 5.41) is 8.39. The number of anilines is 2. The van der Waals surface area contributed by atoms with E-state index in [-0.39, 0.29) is 0 Å². The van der Waals surface area contributed by atoms with Crippen molar-refractivity contribution >= 4 is 11.4 Å². The minimum atomic E-state index is 0.316. The Kier molecular flexibility index (Phi) is 1.98. The van der Waals surface area contributed by atoms with Gasteiger partial charge in [0.1, 0.15) is 0 Å². The summed E-state index contributed by atoms with van der Waals surface area (Å²) in [5.74, 6) is 0. The number of nitrogens with two attached hydrogens (primary N) is 2. The molecule has 3 heteroatoms. The Bertz CT molecular complexity index is 299. The van der Waals surface area contributed by atoms with Gasteiger partial charge in [0.05, 0.1) is 12.5 Å². The zero-order valence-electron chi connectivity index (χ0n) is 6.04. The number of nitriles is 1. The van der Waals surface area contributed by atoms with Gasteiger partial charge in [0.15, 0.2) is 0 Å². The van der Waals surface area contributed by atoms with Gasteiger partial charge < -0.3 is 11.5 Å². The summed E-state index contributed by atoms with van der Waals surface area (Å²) in [5.41, 5.74) is 13.1. The molecule has 3 nitrogen and oxygen atoms in total. The Morgan fingerprint density at radius 3 is 2.73 bits per heavy atom. The van der Waals surface area contributed by atoms with Crippen LogP contribution in [0.4, 0.5) is 11.4 Å². The third-order valence-electron chi connectivity index (χ3n) is 1.44. The number of rotatable bonds is 1. The quantitative estimate of drug-likeness (QED) is 0.580. The van der Waals surface area contributed by atoms with Gasteiger partial charge in [-0.25, -0.2) is 0 Å². The van der Waals surface area contributed by atoms with E-state index in [4.69, 9.17) is 16.7 Å². The van der Waals surface area contributed by atoms with Crippen LogP contribution in [0.2, 0.25) is 0 Å². The second kappa shape index (κ2) is 2.93. The van der Waals surface area contributed by atoms with E-state index < -0.39 is 0 Å². The Hall–Kier alpha value is -1.69. The van der Waals surface area contributed by atoms with Crippen molar-refractivity contribution < 1.29 is 0 Å². The summed E-state index contributed by atoms with van der Waals surface area (Å²) in [6.07, 6.45) is 0.316. The van der Waals surface area contributed by atoms with Crippen LogP contribution in [-0.2, 0) is 6.42 Å². The number of nitrogens with zero attached hydrogens (tertiary/aromatic N) is 1. The highest BCUT2D eigenvalue weighted by Gasteiger charge is 1.97. The largest absolute Gasteiger partial charge is 0.399 e. The Balaban J connectivity index is 3.05. The molecule has 0 aliphatic heterocycles. The highest BCUT2D eigenvalue weighted by Crippen LogP contribution is 2.15. The predicted octanol–water partition coefficient (Wildman–Crippen LogP) is 0.917. The van der Waals surface area contributed by atoms with E-state index in [9.17, 15) is 0 Å². The summed E-state index contributed by atoms with van der Waals surface area (Å²) in [4.78, 5) is 0. The molecule has 0 radical (unpaired) electrons. The van der Waals surface area contributed by atoms with Crippen LogP contribution in [0.5, 0.6) is 0 Å². The number of nitrogen functional groups attached to an aromatic ring is 2. The van der Waals surface area contributed by atoms with Gasteiger partial charge in [-0.3, -0.25) is 0 Å². The van der Waals surface area contributed by atoms with Crippen molar-refractivity contribution in [1.82, 2.24) is 0 Å².